The first-order valence-electron chi connectivity index (χ1n) is 6.25. The number of aryl methyl sites for hydroxylation is 2. The van der Waals surface area contributed by atoms with Crippen LogP contribution in [-0.4, -0.2) is 24.6 Å². The fourth-order valence-corrected chi connectivity index (χ4v) is 2.26. The predicted molar refractivity (Wildman–Crippen MR) is 73.3 cm³/mol. The number of imidazole rings is 1. The van der Waals surface area contributed by atoms with Crippen molar-refractivity contribution in [2.24, 2.45) is 0 Å². The van der Waals surface area contributed by atoms with E-state index >= 15 is 0 Å². The van der Waals surface area contributed by atoms with E-state index in [9.17, 15) is 0 Å². The summed E-state index contributed by atoms with van der Waals surface area (Å²) in [5.41, 5.74) is 4.52. The largest absolute Gasteiger partial charge is 0.422 e. The Morgan fingerprint density at radius 3 is 2.85 bits per heavy atom. The number of rotatable bonds is 1. The van der Waals surface area contributed by atoms with Crippen LogP contribution >= 0.6 is 0 Å². The molecule has 0 atom stereocenters. The van der Waals surface area contributed by atoms with Crippen molar-refractivity contribution in [3.05, 3.63) is 42.0 Å². The van der Waals surface area contributed by atoms with E-state index in [-0.39, 0.29) is 0 Å². The van der Waals surface area contributed by atoms with Gasteiger partial charge in [0.25, 0.3) is 5.89 Å². The molecule has 98 valence electrons. The zero-order chi connectivity index (χ0) is 13.7. The van der Waals surface area contributed by atoms with Crippen LogP contribution in [0.25, 0.3) is 28.3 Å². The van der Waals surface area contributed by atoms with E-state index in [1.165, 1.54) is 12.0 Å². The maximum atomic E-state index is 5.19. The number of fused-ring (bicyclic) bond motifs is 3. The van der Waals surface area contributed by atoms with Gasteiger partial charge in [0, 0.05) is 17.3 Å². The maximum Gasteiger partial charge on any atom is 0.267 e. The minimum absolute atomic E-state index is 0.408. The Kier molecular flexibility index (Phi) is 2.14. The topological polar surface area (TPSA) is 69.1 Å². The van der Waals surface area contributed by atoms with Crippen LogP contribution in [0.15, 0.2) is 35.2 Å². The molecule has 0 fully saturated rings. The van der Waals surface area contributed by atoms with Crippen molar-refractivity contribution in [2.75, 3.05) is 0 Å². The first kappa shape index (κ1) is 11.1. The Labute approximate surface area is 114 Å². The first-order chi connectivity index (χ1) is 9.72. The van der Waals surface area contributed by atoms with Crippen LogP contribution in [0.1, 0.15) is 11.3 Å². The van der Waals surface area contributed by atoms with E-state index in [0.29, 0.717) is 11.6 Å². The van der Waals surface area contributed by atoms with Gasteiger partial charge in [0.1, 0.15) is 17.0 Å². The molecule has 0 unspecified atom stereocenters. The zero-order valence-electron chi connectivity index (χ0n) is 11.0. The quantitative estimate of drug-likeness (QED) is 0.529. The summed E-state index contributed by atoms with van der Waals surface area (Å²) in [5.74, 6) is 0.408. The second kappa shape index (κ2) is 3.86. The number of pyridine rings is 2. The van der Waals surface area contributed by atoms with Crippen molar-refractivity contribution < 1.29 is 4.42 Å². The molecule has 4 heterocycles. The van der Waals surface area contributed by atoms with Crippen LogP contribution in [0.5, 0.6) is 0 Å². The van der Waals surface area contributed by atoms with Gasteiger partial charge in [-0.3, -0.25) is 4.40 Å². The summed E-state index contributed by atoms with van der Waals surface area (Å²) < 4.78 is 7.13. The Bertz CT molecular complexity index is 924. The molecule has 0 N–H and O–H groups in total. The Hall–Kier alpha value is -2.76. The van der Waals surface area contributed by atoms with Crippen molar-refractivity contribution in [1.29, 1.82) is 0 Å². The highest BCUT2D eigenvalue weighted by atomic mass is 16.4. The van der Waals surface area contributed by atoms with Crippen LogP contribution in [0, 0.1) is 13.8 Å². The molecule has 4 rings (SSSR count). The van der Waals surface area contributed by atoms with Crippen molar-refractivity contribution in [3.8, 4) is 11.6 Å². The summed E-state index contributed by atoms with van der Waals surface area (Å²) in [7, 11) is 0. The summed E-state index contributed by atoms with van der Waals surface area (Å²) in [6.45, 7) is 4.06. The highest BCUT2D eigenvalue weighted by Gasteiger charge is 2.11. The van der Waals surface area contributed by atoms with Crippen molar-refractivity contribution in [2.45, 2.75) is 13.8 Å². The number of nitrogens with zero attached hydrogens (tertiary/aromatic N) is 5. The van der Waals surface area contributed by atoms with Crippen LogP contribution in [0.4, 0.5) is 0 Å². The fraction of sp³-hybridized carbons (Fsp3) is 0.143. The van der Waals surface area contributed by atoms with Gasteiger partial charge in [-0.1, -0.05) is 0 Å². The molecular formula is C14H11N5O. The zero-order valence-corrected chi connectivity index (χ0v) is 11.0. The molecule has 6 heteroatoms. The maximum absolute atomic E-state index is 5.19. The summed E-state index contributed by atoms with van der Waals surface area (Å²) in [6, 6.07) is 6.11. The summed E-state index contributed by atoms with van der Waals surface area (Å²) in [6.07, 6.45) is 3.16. The number of aromatic nitrogens is 5. The highest BCUT2D eigenvalue weighted by Crippen LogP contribution is 2.22. The lowest BCUT2D eigenvalue weighted by molar-refractivity contribution is 0.567. The van der Waals surface area contributed by atoms with Crippen LogP contribution in [0.3, 0.4) is 0 Å². The molecule has 0 aliphatic rings. The molecule has 0 amide bonds. The summed E-state index contributed by atoms with van der Waals surface area (Å²) in [4.78, 5) is 9.14. The smallest absolute Gasteiger partial charge is 0.267 e. The number of hydrogen-bond acceptors (Lipinski definition) is 5. The Morgan fingerprint density at radius 1 is 1.15 bits per heavy atom. The predicted octanol–water partition coefficient (Wildman–Crippen LogP) is 2.55. The van der Waals surface area contributed by atoms with Gasteiger partial charge in [0.15, 0.2) is 0 Å². The molecule has 0 aliphatic heterocycles. The fourth-order valence-electron chi connectivity index (χ4n) is 2.26. The molecule has 0 bridgehead atoms. The van der Waals surface area contributed by atoms with Crippen LogP contribution in [0.2, 0.25) is 0 Å². The third-order valence-corrected chi connectivity index (χ3v) is 3.43. The van der Waals surface area contributed by atoms with Crippen LogP contribution in [-0.2, 0) is 0 Å². The van der Waals surface area contributed by atoms with E-state index in [0.717, 1.165) is 22.4 Å². The Morgan fingerprint density at radius 2 is 2.05 bits per heavy atom. The molecule has 0 radical (unpaired) electrons. The SMILES string of the molecule is Cc1cc2ccc3nc(-c4nnco4)cn3c2nc1C. The second-order valence-electron chi connectivity index (χ2n) is 4.74. The lowest BCUT2D eigenvalue weighted by Gasteiger charge is -2.04. The van der Waals surface area contributed by atoms with E-state index in [2.05, 4.69) is 33.2 Å². The number of hydrogen-bond donors (Lipinski definition) is 0. The van der Waals surface area contributed by atoms with Gasteiger partial charge in [0.05, 0.1) is 0 Å². The second-order valence-corrected chi connectivity index (χ2v) is 4.74. The molecule has 0 saturated heterocycles. The molecule has 0 aromatic carbocycles. The average molecular weight is 265 g/mol. The molecule has 4 aromatic heterocycles. The molecule has 20 heavy (non-hydrogen) atoms. The normalized spacial score (nSPS) is 11.5. The van der Waals surface area contributed by atoms with E-state index in [4.69, 9.17) is 4.42 Å². The molecular weight excluding hydrogens is 254 g/mol. The highest BCUT2D eigenvalue weighted by molar-refractivity contribution is 5.80. The third kappa shape index (κ3) is 1.51. The Balaban J connectivity index is 2.07. The van der Waals surface area contributed by atoms with Gasteiger partial charge in [-0.05, 0) is 37.6 Å². The van der Waals surface area contributed by atoms with Gasteiger partial charge in [-0.25, -0.2) is 9.97 Å². The van der Waals surface area contributed by atoms with E-state index in [1.807, 2.05) is 29.7 Å². The lowest BCUT2D eigenvalue weighted by atomic mass is 10.2. The first-order valence-corrected chi connectivity index (χ1v) is 6.25. The molecule has 0 saturated carbocycles. The van der Waals surface area contributed by atoms with Crippen molar-refractivity contribution in [1.82, 2.24) is 24.6 Å². The van der Waals surface area contributed by atoms with Gasteiger partial charge in [-0.2, -0.15) is 0 Å². The standard InChI is InChI=1S/C14H11N5O/c1-8-5-10-3-4-12-17-11(14-18-15-7-20-14)6-19(12)13(10)16-9(8)2/h3-7H,1-2H3. The monoisotopic (exact) mass is 265 g/mol. The van der Waals surface area contributed by atoms with Gasteiger partial charge >= 0.3 is 0 Å². The van der Waals surface area contributed by atoms with Gasteiger partial charge in [0.2, 0.25) is 6.39 Å². The van der Waals surface area contributed by atoms with E-state index in [1.54, 1.807) is 0 Å². The van der Waals surface area contributed by atoms with E-state index < -0.39 is 0 Å². The third-order valence-electron chi connectivity index (χ3n) is 3.43. The summed E-state index contributed by atoms with van der Waals surface area (Å²) >= 11 is 0. The lowest BCUT2D eigenvalue weighted by Crippen LogP contribution is -1.94. The average Bonchev–Trinajstić information content (AvgIpc) is 3.07. The molecule has 0 spiro atoms. The van der Waals surface area contributed by atoms with Gasteiger partial charge < -0.3 is 4.42 Å². The summed E-state index contributed by atoms with van der Waals surface area (Å²) in [5, 5.41) is 8.63. The molecule has 4 aromatic rings. The van der Waals surface area contributed by atoms with Crippen LogP contribution < -0.4 is 0 Å². The molecule has 0 aliphatic carbocycles. The molecule has 6 nitrogen and oxygen atoms in total. The van der Waals surface area contributed by atoms with Gasteiger partial charge in [-0.15, -0.1) is 10.2 Å². The minimum Gasteiger partial charge on any atom is -0.422 e. The van der Waals surface area contributed by atoms with Crippen molar-refractivity contribution in [3.63, 3.8) is 0 Å². The van der Waals surface area contributed by atoms with Crippen molar-refractivity contribution >= 4 is 16.7 Å². The minimum atomic E-state index is 0.408.